The average molecular weight is 457 g/mol. The molecule has 0 radical (unpaired) electrons. The van der Waals surface area contributed by atoms with E-state index in [1.165, 1.54) is 0 Å². The summed E-state index contributed by atoms with van der Waals surface area (Å²) in [6, 6.07) is 13.7. The average Bonchev–Trinajstić information content (AvgIpc) is 3.33. The van der Waals surface area contributed by atoms with Gasteiger partial charge in [0.15, 0.2) is 0 Å². The second-order valence-corrected chi connectivity index (χ2v) is 8.78. The second kappa shape index (κ2) is 10.5. The Labute approximate surface area is 201 Å². The quantitative estimate of drug-likeness (QED) is 0.654. The van der Waals surface area contributed by atoms with Gasteiger partial charge in [0.05, 0.1) is 5.69 Å². The van der Waals surface area contributed by atoms with Crippen LogP contribution in [0.2, 0.25) is 0 Å². The Kier molecular flexibility index (Phi) is 7.26. The van der Waals surface area contributed by atoms with E-state index in [1.807, 2.05) is 79.6 Å². The van der Waals surface area contributed by atoms with Crippen molar-refractivity contribution in [3.05, 3.63) is 71.4 Å². The molecular weight excluding hydrogens is 424 g/mol. The molecule has 2 aliphatic heterocycles. The van der Waals surface area contributed by atoms with Crippen LogP contribution in [0.1, 0.15) is 55.5 Å². The van der Waals surface area contributed by atoms with Crippen LogP contribution >= 0.6 is 0 Å². The van der Waals surface area contributed by atoms with Crippen LogP contribution in [0.25, 0.3) is 17.2 Å². The van der Waals surface area contributed by atoms with Gasteiger partial charge >= 0.3 is 0 Å². The zero-order valence-corrected chi connectivity index (χ0v) is 20.0. The molecule has 0 bridgehead atoms. The van der Waals surface area contributed by atoms with Crippen LogP contribution in [-0.4, -0.2) is 47.1 Å². The number of allylic oxidation sites excluding steroid dienone is 1. The number of fused-ring (bicyclic) bond motifs is 1. The number of nitrogens with zero attached hydrogens (tertiary/aromatic N) is 3. The molecule has 0 aliphatic carbocycles. The molecule has 6 heteroatoms. The van der Waals surface area contributed by atoms with Gasteiger partial charge in [0.2, 0.25) is 0 Å². The lowest BCUT2D eigenvalue weighted by Gasteiger charge is -2.19. The first-order chi connectivity index (χ1) is 16.5. The number of aliphatic imine (C=N–C) groups is 1. The van der Waals surface area contributed by atoms with Crippen molar-refractivity contribution in [2.24, 2.45) is 10.7 Å². The maximum Gasteiger partial charge on any atom is 0.254 e. The van der Waals surface area contributed by atoms with E-state index in [2.05, 4.69) is 4.99 Å². The largest absolute Gasteiger partial charge is 0.387 e. The minimum Gasteiger partial charge on any atom is -0.387 e. The highest BCUT2D eigenvalue weighted by Crippen LogP contribution is 2.32. The fourth-order valence-corrected chi connectivity index (χ4v) is 4.46. The topological polar surface area (TPSA) is 79.0 Å². The summed E-state index contributed by atoms with van der Waals surface area (Å²) in [5.41, 5.74) is 11.1. The number of amidine groups is 1. The number of benzene rings is 2. The third-order valence-electron chi connectivity index (χ3n) is 6.18. The maximum atomic E-state index is 13.1. The summed E-state index contributed by atoms with van der Waals surface area (Å²) in [5.74, 6) is 0.466. The van der Waals surface area contributed by atoms with Crippen molar-refractivity contribution < 1.29 is 9.59 Å². The van der Waals surface area contributed by atoms with E-state index in [1.54, 1.807) is 4.90 Å². The van der Waals surface area contributed by atoms with Gasteiger partial charge in [-0.15, -0.1) is 0 Å². The number of amides is 2. The van der Waals surface area contributed by atoms with Gasteiger partial charge in [0.1, 0.15) is 5.84 Å². The highest BCUT2D eigenvalue weighted by atomic mass is 16.2. The number of carbonyl (C=O) groups is 2. The predicted molar refractivity (Wildman–Crippen MR) is 138 cm³/mol. The Morgan fingerprint density at radius 1 is 1.09 bits per heavy atom. The molecule has 0 saturated carbocycles. The molecule has 0 spiro atoms. The van der Waals surface area contributed by atoms with Crippen molar-refractivity contribution in [2.45, 2.75) is 39.5 Å². The molecule has 2 amide bonds. The van der Waals surface area contributed by atoms with Gasteiger partial charge < -0.3 is 15.5 Å². The van der Waals surface area contributed by atoms with Crippen LogP contribution < -0.4 is 5.73 Å². The molecule has 2 N–H and O–H groups in total. The van der Waals surface area contributed by atoms with Crippen LogP contribution in [0.5, 0.6) is 0 Å². The molecule has 34 heavy (non-hydrogen) atoms. The third-order valence-corrected chi connectivity index (χ3v) is 6.18. The third kappa shape index (κ3) is 5.11. The van der Waals surface area contributed by atoms with Crippen LogP contribution in [0.3, 0.4) is 0 Å². The Bertz CT molecular complexity index is 1160. The van der Waals surface area contributed by atoms with E-state index in [9.17, 15) is 9.59 Å². The van der Waals surface area contributed by atoms with E-state index in [4.69, 9.17) is 5.73 Å². The summed E-state index contributed by atoms with van der Waals surface area (Å²) in [6.45, 7) is 6.28. The summed E-state index contributed by atoms with van der Waals surface area (Å²) in [6.07, 6.45) is 8.92. The monoisotopic (exact) mass is 456 g/mol. The van der Waals surface area contributed by atoms with Gasteiger partial charge in [-0.25, -0.2) is 4.99 Å². The Balaban J connectivity index is 1.60. The Morgan fingerprint density at radius 3 is 2.47 bits per heavy atom. The van der Waals surface area contributed by atoms with E-state index in [0.29, 0.717) is 29.9 Å². The SMILES string of the molecule is CC=CN(CCC)C(=O)C1=Cc2ccc(-c3ccc(C(=O)N4CCCC4)cc3)cc2N=C(N)C1. The molecule has 0 aromatic heterocycles. The summed E-state index contributed by atoms with van der Waals surface area (Å²) in [5, 5.41) is 0. The molecule has 2 aliphatic rings. The van der Waals surface area contributed by atoms with Crippen molar-refractivity contribution in [1.29, 1.82) is 0 Å². The lowest BCUT2D eigenvalue weighted by molar-refractivity contribution is -0.124. The first-order valence-electron chi connectivity index (χ1n) is 12.0. The molecular formula is C28H32N4O2. The van der Waals surface area contributed by atoms with Crippen molar-refractivity contribution >= 4 is 29.4 Å². The fourth-order valence-electron chi connectivity index (χ4n) is 4.46. The minimum absolute atomic E-state index is 0.0479. The van der Waals surface area contributed by atoms with Crippen molar-refractivity contribution in [3.63, 3.8) is 0 Å². The highest BCUT2D eigenvalue weighted by molar-refractivity contribution is 6.06. The molecule has 4 rings (SSSR count). The number of carbonyl (C=O) groups excluding carboxylic acids is 2. The van der Waals surface area contributed by atoms with E-state index < -0.39 is 0 Å². The zero-order valence-electron chi connectivity index (χ0n) is 20.0. The Morgan fingerprint density at radius 2 is 1.79 bits per heavy atom. The second-order valence-electron chi connectivity index (χ2n) is 8.78. The number of likely N-dealkylation sites (tertiary alicyclic amines) is 1. The highest BCUT2D eigenvalue weighted by Gasteiger charge is 2.21. The molecule has 0 atom stereocenters. The van der Waals surface area contributed by atoms with Crippen LogP contribution in [0, 0.1) is 0 Å². The number of rotatable bonds is 6. The number of hydrogen-bond acceptors (Lipinski definition) is 4. The first kappa shape index (κ1) is 23.5. The molecule has 2 aromatic rings. The smallest absolute Gasteiger partial charge is 0.254 e. The summed E-state index contributed by atoms with van der Waals surface area (Å²) >= 11 is 0. The molecule has 2 aromatic carbocycles. The van der Waals surface area contributed by atoms with E-state index in [0.717, 1.165) is 54.7 Å². The predicted octanol–water partition coefficient (Wildman–Crippen LogP) is 5.14. The molecule has 1 fully saturated rings. The zero-order chi connectivity index (χ0) is 24.1. The minimum atomic E-state index is -0.0479. The van der Waals surface area contributed by atoms with Crippen molar-refractivity contribution in [3.8, 4) is 11.1 Å². The van der Waals surface area contributed by atoms with E-state index >= 15 is 0 Å². The fraction of sp³-hybridized carbons (Fsp3) is 0.321. The number of nitrogens with two attached hydrogens (primary N) is 1. The summed E-state index contributed by atoms with van der Waals surface area (Å²) < 4.78 is 0. The summed E-state index contributed by atoms with van der Waals surface area (Å²) in [7, 11) is 0. The molecule has 176 valence electrons. The molecule has 1 saturated heterocycles. The van der Waals surface area contributed by atoms with Gasteiger partial charge in [-0.05, 0) is 61.6 Å². The summed E-state index contributed by atoms with van der Waals surface area (Å²) in [4.78, 5) is 34.0. The van der Waals surface area contributed by atoms with Gasteiger partial charge in [-0.2, -0.15) is 0 Å². The van der Waals surface area contributed by atoms with Gasteiger partial charge in [-0.3, -0.25) is 9.59 Å². The number of hydrogen-bond donors (Lipinski definition) is 1. The van der Waals surface area contributed by atoms with Crippen LogP contribution in [0.15, 0.2) is 65.3 Å². The van der Waals surface area contributed by atoms with E-state index in [-0.39, 0.29) is 11.8 Å². The van der Waals surface area contributed by atoms with Crippen molar-refractivity contribution in [2.75, 3.05) is 19.6 Å². The van der Waals surface area contributed by atoms with Crippen LogP contribution in [0.4, 0.5) is 5.69 Å². The molecule has 0 unspecified atom stereocenters. The standard InChI is InChI=1S/C28H32N4O2/c1-3-13-31(14-4-2)28(34)24-17-23-12-11-22(18-25(23)30-26(29)19-24)20-7-9-21(10-8-20)27(33)32-15-5-6-16-32/h3,7-13,17-18H,4-6,14-16,19H2,1-2H3,(H2,29,30). The Hall–Kier alpha value is -3.67. The lowest BCUT2D eigenvalue weighted by atomic mass is 9.99. The maximum absolute atomic E-state index is 13.1. The van der Waals surface area contributed by atoms with Gasteiger partial charge in [0.25, 0.3) is 11.8 Å². The van der Waals surface area contributed by atoms with Gasteiger partial charge in [-0.1, -0.05) is 37.3 Å². The lowest BCUT2D eigenvalue weighted by Crippen LogP contribution is -2.29. The molecule has 2 heterocycles. The van der Waals surface area contributed by atoms with Crippen molar-refractivity contribution in [1.82, 2.24) is 9.80 Å². The normalized spacial score (nSPS) is 15.5. The van der Waals surface area contributed by atoms with Crippen LogP contribution in [-0.2, 0) is 4.79 Å². The first-order valence-corrected chi connectivity index (χ1v) is 12.0. The molecule has 6 nitrogen and oxygen atoms in total. The van der Waals surface area contributed by atoms with Gasteiger partial charge in [0, 0.05) is 49.0 Å².